The lowest BCUT2D eigenvalue weighted by Crippen LogP contribution is -2.43. The van der Waals surface area contributed by atoms with E-state index in [4.69, 9.17) is 10.5 Å². The molecule has 2 rings (SSSR count). The van der Waals surface area contributed by atoms with E-state index in [0.29, 0.717) is 19.0 Å². The predicted octanol–water partition coefficient (Wildman–Crippen LogP) is 1.38. The molecule has 0 aliphatic carbocycles. The fourth-order valence-electron chi connectivity index (χ4n) is 2.49. The number of hydrogen-bond donors (Lipinski definition) is 1. The maximum Gasteiger partial charge on any atom is 0.410 e. The molecular formula is C14H25N5O2. The first-order valence-electron chi connectivity index (χ1n) is 7.44. The van der Waals surface area contributed by atoms with Gasteiger partial charge in [-0.15, -0.1) is 5.10 Å². The number of nitrogens with two attached hydrogens (primary N) is 1. The van der Waals surface area contributed by atoms with Crippen LogP contribution in [-0.4, -0.2) is 44.7 Å². The van der Waals surface area contributed by atoms with E-state index < -0.39 is 5.60 Å². The zero-order valence-corrected chi connectivity index (χ0v) is 13.1. The summed E-state index contributed by atoms with van der Waals surface area (Å²) in [6, 6.07) is 0. The Balaban J connectivity index is 1.89. The predicted molar refractivity (Wildman–Crippen MR) is 78.4 cm³/mol. The van der Waals surface area contributed by atoms with Crippen molar-refractivity contribution in [2.45, 2.75) is 52.3 Å². The van der Waals surface area contributed by atoms with Crippen molar-refractivity contribution in [1.29, 1.82) is 0 Å². The quantitative estimate of drug-likeness (QED) is 0.910. The summed E-state index contributed by atoms with van der Waals surface area (Å²) in [5.41, 5.74) is 5.87. The van der Waals surface area contributed by atoms with Crippen LogP contribution in [0.15, 0.2) is 6.20 Å². The van der Waals surface area contributed by atoms with Crippen molar-refractivity contribution in [3.05, 3.63) is 11.9 Å². The van der Waals surface area contributed by atoms with Crippen LogP contribution in [0.5, 0.6) is 0 Å². The second-order valence-electron chi connectivity index (χ2n) is 6.57. The van der Waals surface area contributed by atoms with E-state index in [9.17, 15) is 4.79 Å². The summed E-state index contributed by atoms with van der Waals surface area (Å²) in [6.45, 7) is 8.27. The Morgan fingerprint density at radius 3 is 2.90 bits per heavy atom. The molecule has 21 heavy (non-hydrogen) atoms. The van der Waals surface area contributed by atoms with Crippen molar-refractivity contribution in [2.24, 2.45) is 11.7 Å². The van der Waals surface area contributed by atoms with Crippen LogP contribution >= 0.6 is 0 Å². The minimum absolute atomic E-state index is 0.228. The first kappa shape index (κ1) is 15.8. The van der Waals surface area contributed by atoms with Gasteiger partial charge in [0.25, 0.3) is 0 Å². The van der Waals surface area contributed by atoms with E-state index in [1.807, 2.05) is 31.6 Å². The molecule has 0 saturated carbocycles. The van der Waals surface area contributed by atoms with Crippen LogP contribution in [0.2, 0.25) is 0 Å². The molecule has 1 saturated heterocycles. The van der Waals surface area contributed by atoms with Gasteiger partial charge in [-0.1, -0.05) is 5.21 Å². The summed E-state index contributed by atoms with van der Waals surface area (Å²) in [7, 11) is 0. The Kier molecular flexibility index (Phi) is 4.82. The van der Waals surface area contributed by atoms with Crippen LogP contribution in [-0.2, 0) is 17.8 Å². The van der Waals surface area contributed by atoms with Crippen LogP contribution in [0.1, 0.15) is 39.3 Å². The summed E-state index contributed by atoms with van der Waals surface area (Å²) >= 11 is 0. The molecule has 0 radical (unpaired) electrons. The molecular weight excluding hydrogens is 270 g/mol. The van der Waals surface area contributed by atoms with E-state index in [0.717, 1.165) is 31.6 Å². The number of aromatic nitrogens is 3. The van der Waals surface area contributed by atoms with Crippen molar-refractivity contribution in [1.82, 2.24) is 19.9 Å². The Hall–Kier alpha value is -1.63. The zero-order valence-electron chi connectivity index (χ0n) is 13.1. The third-order valence-corrected chi connectivity index (χ3v) is 3.41. The molecule has 1 aliphatic heterocycles. The van der Waals surface area contributed by atoms with E-state index >= 15 is 0 Å². The van der Waals surface area contributed by atoms with Crippen LogP contribution in [0.3, 0.4) is 0 Å². The number of nitrogens with zero attached hydrogens (tertiary/aromatic N) is 4. The number of carbonyl (C=O) groups is 1. The molecule has 1 amide bonds. The zero-order chi connectivity index (χ0) is 15.5. The molecule has 2 heterocycles. The Morgan fingerprint density at radius 2 is 2.29 bits per heavy atom. The van der Waals surface area contributed by atoms with Gasteiger partial charge in [0.2, 0.25) is 0 Å². The van der Waals surface area contributed by atoms with Crippen molar-refractivity contribution in [3.63, 3.8) is 0 Å². The number of amides is 1. The highest BCUT2D eigenvalue weighted by atomic mass is 16.6. The molecule has 7 heteroatoms. The molecule has 1 fully saturated rings. The van der Waals surface area contributed by atoms with Gasteiger partial charge in [-0.2, -0.15) is 0 Å². The number of piperidine rings is 1. The van der Waals surface area contributed by atoms with Crippen LogP contribution in [0.25, 0.3) is 0 Å². The van der Waals surface area contributed by atoms with Gasteiger partial charge < -0.3 is 15.4 Å². The van der Waals surface area contributed by atoms with Gasteiger partial charge in [0.15, 0.2) is 0 Å². The van der Waals surface area contributed by atoms with E-state index in [-0.39, 0.29) is 6.09 Å². The third-order valence-electron chi connectivity index (χ3n) is 3.41. The van der Waals surface area contributed by atoms with Gasteiger partial charge in [0, 0.05) is 32.4 Å². The SMILES string of the molecule is CC(C)(C)OC(=O)N1CCC[C@H](Cn2cc(CN)nn2)C1. The first-order chi connectivity index (χ1) is 9.87. The number of rotatable bonds is 3. The first-order valence-corrected chi connectivity index (χ1v) is 7.44. The van der Waals surface area contributed by atoms with Crippen LogP contribution in [0.4, 0.5) is 4.79 Å². The largest absolute Gasteiger partial charge is 0.444 e. The second-order valence-corrected chi connectivity index (χ2v) is 6.57. The molecule has 1 aliphatic rings. The van der Waals surface area contributed by atoms with Crippen molar-refractivity contribution in [2.75, 3.05) is 13.1 Å². The Bertz CT molecular complexity index is 480. The molecule has 7 nitrogen and oxygen atoms in total. The average Bonchev–Trinajstić information content (AvgIpc) is 2.85. The second kappa shape index (κ2) is 6.43. The van der Waals surface area contributed by atoms with Gasteiger partial charge in [0.1, 0.15) is 5.60 Å². The monoisotopic (exact) mass is 295 g/mol. The fraction of sp³-hybridized carbons (Fsp3) is 0.786. The summed E-state index contributed by atoms with van der Waals surface area (Å²) in [5.74, 6) is 0.374. The van der Waals surface area contributed by atoms with Crippen molar-refractivity contribution >= 4 is 6.09 Å². The maximum absolute atomic E-state index is 12.1. The highest BCUT2D eigenvalue weighted by Gasteiger charge is 2.27. The summed E-state index contributed by atoms with van der Waals surface area (Å²) < 4.78 is 7.24. The number of carbonyl (C=O) groups excluding carboxylic acids is 1. The molecule has 118 valence electrons. The van der Waals surface area contributed by atoms with Crippen LogP contribution in [0, 0.1) is 5.92 Å². The smallest absolute Gasteiger partial charge is 0.410 e. The standard InChI is InChI=1S/C14H25N5O2/c1-14(2,3)21-13(20)18-6-4-5-11(8-18)9-19-10-12(7-15)16-17-19/h10-11H,4-9,15H2,1-3H3/t11-/m0/s1. The molecule has 0 bridgehead atoms. The maximum atomic E-state index is 12.1. The number of likely N-dealkylation sites (tertiary alicyclic amines) is 1. The van der Waals surface area contributed by atoms with Gasteiger partial charge >= 0.3 is 6.09 Å². The summed E-state index contributed by atoms with van der Waals surface area (Å²) in [5, 5.41) is 8.05. The lowest BCUT2D eigenvalue weighted by atomic mass is 9.98. The molecule has 1 atom stereocenters. The third kappa shape index (κ3) is 4.70. The molecule has 2 N–H and O–H groups in total. The molecule has 0 aromatic carbocycles. The minimum Gasteiger partial charge on any atom is -0.444 e. The van der Waals surface area contributed by atoms with Gasteiger partial charge in [-0.05, 0) is 39.5 Å². The topological polar surface area (TPSA) is 86.3 Å². The average molecular weight is 295 g/mol. The van der Waals surface area contributed by atoms with E-state index in [2.05, 4.69) is 10.3 Å². The molecule has 0 spiro atoms. The molecule has 1 aromatic heterocycles. The lowest BCUT2D eigenvalue weighted by molar-refractivity contribution is 0.0155. The molecule has 1 aromatic rings. The lowest BCUT2D eigenvalue weighted by Gasteiger charge is -2.34. The van der Waals surface area contributed by atoms with Gasteiger partial charge in [-0.25, -0.2) is 4.79 Å². The van der Waals surface area contributed by atoms with E-state index in [1.165, 1.54) is 0 Å². The summed E-state index contributed by atoms with van der Waals surface area (Å²) in [6.07, 6.45) is 3.71. The Morgan fingerprint density at radius 1 is 1.52 bits per heavy atom. The van der Waals surface area contributed by atoms with Crippen molar-refractivity contribution in [3.8, 4) is 0 Å². The Labute approximate surface area is 125 Å². The minimum atomic E-state index is -0.452. The van der Waals surface area contributed by atoms with Gasteiger partial charge in [0.05, 0.1) is 5.69 Å². The van der Waals surface area contributed by atoms with Crippen LogP contribution < -0.4 is 5.73 Å². The van der Waals surface area contributed by atoms with E-state index in [1.54, 1.807) is 4.90 Å². The van der Waals surface area contributed by atoms with Crippen molar-refractivity contribution < 1.29 is 9.53 Å². The van der Waals surface area contributed by atoms with Gasteiger partial charge in [-0.3, -0.25) is 4.68 Å². The highest BCUT2D eigenvalue weighted by molar-refractivity contribution is 5.68. The number of ether oxygens (including phenoxy) is 1. The highest BCUT2D eigenvalue weighted by Crippen LogP contribution is 2.20. The summed E-state index contributed by atoms with van der Waals surface area (Å²) in [4.78, 5) is 13.9. The fourth-order valence-corrected chi connectivity index (χ4v) is 2.49. The normalized spacial score (nSPS) is 19.6. The number of hydrogen-bond acceptors (Lipinski definition) is 5. The molecule has 0 unspecified atom stereocenters.